The van der Waals surface area contributed by atoms with E-state index in [-0.39, 0.29) is 35.8 Å². The van der Waals surface area contributed by atoms with Crippen molar-refractivity contribution in [2.45, 2.75) is 37.1 Å². The van der Waals surface area contributed by atoms with Crippen LogP contribution >= 0.6 is 11.8 Å². The number of thioether (sulfide) groups is 1. The Morgan fingerprint density at radius 1 is 1.34 bits per heavy atom. The van der Waals surface area contributed by atoms with Crippen molar-refractivity contribution in [3.05, 3.63) is 56.7 Å². The molecule has 4 heterocycles. The van der Waals surface area contributed by atoms with E-state index in [0.29, 0.717) is 54.0 Å². The molecule has 14 heteroatoms. The van der Waals surface area contributed by atoms with Crippen molar-refractivity contribution in [1.82, 2.24) is 14.9 Å². The average Bonchev–Trinajstić information content (AvgIpc) is 3.22. The number of nitrogens with zero attached hydrogens (tertiary/aromatic N) is 5. The zero-order valence-corrected chi connectivity index (χ0v) is 21.3. The van der Waals surface area contributed by atoms with Crippen LogP contribution in [0.5, 0.6) is 0 Å². The standard InChI is InChI=1S/C24H26N6O7S/c1-13(31)19-16-10-17(38-22-21(25)26-11-18(27-22)28-6-8-36-9-7-28)20(29(16)23(19)32)24(33)37-12-14-2-4-15(5-3-14)30(34)35/h2-5,11,13,16,19,31H,6-10,12H2,1H3,(H2,25,26)/t13-,16-,19-/m1/s1. The molecule has 0 aliphatic carbocycles. The number of carbonyl (C=O) groups excluding carboxylic acids is 2. The summed E-state index contributed by atoms with van der Waals surface area (Å²) in [5, 5.41) is 21.4. The van der Waals surface area contributed by atoms with Gasteiger partial charge in [0.2, 0.25) is 5.91 Å². The summed E-state index contributed by atoms with van der Waals surface area (Å²) in [4.78, 5) is 49.4. The molecule has 3 aliphatic heterocycles. The van der Waals surface area contributed by atoms with E-state index < -0.39 is 22.9 Å². The lowest BCUT2D eigenvalue weighted by atomic mass is 9.83. The van der Waals surface area contributed by atoms with Crippen LogP contribution in [0.3, 0.4) is 0 Å². The van der Waals surface area contributed by atoms with Gasteiger partial charge in [-0.25, -0.2) is 14.8 Å². The predicted octanol–water partition coefficient (Wildman–Crippen LogP) is 1.46. The second-order valence-electron chi connectivity index (χ2n) is 9.14. The third-order valence-electron chi connectivity index (χ3n) is 6.71. The van der Waals surface area contributed by atoms with E-state index in [1.807, 2.05) is 4.90 Å². The minimum Gasteiger partial charge on any atom is -0.456 e. The van der Waals surface area contributed by atoms with E-state index >= 15 is 0 Å². The van der Waals surface area contributed by atoms with Crippen molar-refractivity contribution in [2.75, 3.05) is 36.9 Å². The molecule has 2 fully saturated rings. The fourth-order valence-electron chi connectivity index (χ4n) is 4.75. The first-order chi connectivity index (χ1) is 18.2. The maximum atomic E-state index is 13.3. The third kappa shape index (κ3) is 4.89. The molecule has 0 unspecified atom stereocenters. The number of nitro groups is 1. The molecule has 0 radical (unpaired) electrons. The molecular weight excluding hydrogens is 516 g/mol. The summed E-state index contributed by atoms with van der Waals surface area (Å²) >= 11 is 1.15. The summed E-state index contributed by atoms with van der Waals surface area (Å²) in [6.07, 6.45) is 1.05. The first-order valence-electron chi connectivity index (χ1n) is 12.0. The number of benzene rings is 1. The van der Waals surface area contributed by atoms with Crippen LogP contribution in [0.15, 0.2) is 46.1 Å². The normalized spacial score (nSPS) is 21.7. The first kappa shape index (κ1) is 25.9. The Hall–Kier alpha value is -3.75. The Morgan fingerprint density at radius 2 is 2.05 bits per heavy atom. The van der Waals surface area contributed by atoms with Gasteiger partial charge in [-0.05, 0) is 24.6 Å². The molecule has 2 saturated heterocycles. The summed E-state index contributed by atoms with van der Waals surface area (Å²) in [5.74, 6) is -0.892. The molecule has 0 bridgehead atoms. The SMILES string of the molecule is C[C@@H](O)[C@H]1C(=O)N2C(C(=O)OCc3ccc([N+](=O)[O-])cc3)=C(Sc3nc(N4CCOCC4)cnc3N)C[C@H]12. The predicted molar refractivity (Wildman–Crippen MR) is 136 cm³/mol. The van der Waals surface area contributed by atoms with E-state index in [9.17, 15) is 24.8 Å². The third-order valence-corrected chi connectivity index (χ3v) is 7.81. The molecule has 0 spiro atoms. The van der Waals surface area contributed by atoms with Crippen LogP contribution in [0.4, 0.5) is 17.3 Å². The summed E-state index contributed by atoms with van der Waals surface area (Å²) in [6.45, 7) is 3.87. The van der Waals surface area contributed by atoms with Gasteiger partial charge in [-0.1, -0.05) is 11.8 Å². The highest BCUT2D eigenvalue weighted by Gasteiger charge is 2.57. The van der Waals surface area contributed by atoms with E-state index in [1.54, 1.807) is 13.1 Å². The zero-order valence-electron chi connectivity index (χ0n) is 20.5. The summed E-state index contributed by atoms with van der Waals surface area (Å²) in [5.41, 5.74) is 6.69. The van der Waals surface area contributed by atoms with Crippen molar-refractivity contribution in [3.8, 4) is 0 Å². The largest absolute Gasteiger partial charge is 0.456 e. The summed E-state index contributed by atoms with van der Waals surface area (Å²) in [6, 6.07) is 5.26. The maximum absolute atomic E-state index is 13.3. The quantitative estimate of drug-likeness (QED) is 0.213. The fraction of sp³-hybridized carbons (Fsp3) is 0.417. The van der Waals surface area contributed by atoms with Crippen molar-refractivity contribution < 1.29 is 29.1 Å². The number of rotatable bonds is 8. The van der Waals surface area contributed by atoms with Crippen LogP contribution < -0.4 is 10.6 Å². The van der Waals surface area contributed by atoms with Crippen LogP contribution in [0.25, 0.3) is 0 Å². The van der Waals surface area contributed by atoms with Gasteiger partial charge in [-0.15, -0.1) is 0 Å². The van der Waals surface area contributed by atoms with Gasteiger partial charge >= 0.3 is 5.97 Å². The van der Waals surface area contributed by atoms with Gasteiger partial charge < -0.3 is 30.1 Å². The Kier molecular flexibility index (Phi) is 7.19. The second kappa shape index (κ2) is 10.6. The molecule has 13 nitrogen and oxygen atoms in total. The molecule has 3 atom stereocenters. The number of morpholine rings is 1. The minimum atomic E-state index is -0.875. The number of aliphatic hydroxyl groups excluding tert-OH is 1. The maximum Gasteiger partial charge on any atom is 0.356 e. The lowest BCUT2D eigenvalue weighted by molar-refractivity contribution is -0.384. The molecule has 2 aromatic rings. The number of aliphatic hydroxyl groups is 1. The summed E-state index contributed by atoms with van der Waals surface area (Å²) in [7, 11) is 0. The highest BCUT2D eigenvalue weighted by Crippen LogP contribution is 2.49. The number of hydrogen-bond acceptors (Lipinski definition) is 12. The molecule has 1 aromatic heterocycles. The Balaban J connectivity index is 1.39. The van der Waals surface area contributed by atoms with E-state index in [1.165, 1.54) is 29.2 Å². The molecule has 3 N–H and O–H groups in total. The number of nitrogen functional groups attached to an aromatic ring is 1. The monoisotopic (exact) mass is 542 g/mol. The molecule has 38 heavy (non-hydrogen) atoms. The number of ether oxygens (including phenoxy) is 2. The topological polar surface area (TPSA) is 174 Å². The van der Waals surface area contributed by atoms with E-state index in [0.717, 1.165) is 11.8 Å². The highest BCUT2D eigenvalue weighted by atomic mass is 32.2. The second-order valence-corrected chi connectivity index (χ2v) is 10.2. The number of aromatic nitrogens is 2. The van der Waals surface area contributed by atoms with Gasteiger partial charge in [-0.3, -0.25) is 14.9 Å². The van der Waals surface area contributed by atoms with Crippen LogP contribution in [0, 0.1) is 16.0 Å². The van der Waals surface area contributed by atoms with Gasteiger partial charge in [0, 0.05) is 36.5 Å². The number of esters is 1. The van der Waals surface area contributed by atoms with Crippen LogP contribution in [0.2, 0.25) is 0 Å². The first-order valence-corrected chi connectivity index (χ1v) is 12.8. The van der Waals surface area contributed by atoms with Crippen LogP contribution in [0.1, 0.15) is 18.9 Å². The van der Waals surface area contributed by atoms with Crippen molar-refractivity contribution in [3.63, 3.8) is 0 Å². The number of hydrogen-bond donors (Lipinski definition) is 2. The highest BCUT2D eigenvalue weighted by molar-refractivity contribution is 8.03. The average molecular weight is 543 g/mol. The number of anilines is 2. The van der Waals surface area contributed by atoms with Crippen molar-refractivity contribution in [1.29, 1.82) is 0 Å². The Bertz CT molecular complexity index is 1300. The number of nitrogens with two attached hydrogens (primary N) is 1. The lowest BCUT2D eigenvalue weighted by Gasteiger charge is -2.44. The lowest BCUT2D eigenvalue weighted by Crippen LogP contribution is -2.61. The molecule has 3 aliphatic rings. The molecule has 1 amide bonds. The smallest absolute Gasteiger partial charge is 0.356 e. The molecule has 5 rings (SSSR count). The van der Waals surface area contributed by atoms with E-state index in [4.69, 9.17) is 15.2 Å². The zero-order chi connectivity index (χ0) is 27.0. The number of fused-ring (bicyclic) bond motifs is 1. The van der Waals surface area contributed by atoms with E-state index in [2.05, 4.69) is 9.97 Å². The molecule has 0 saturated carbocycles. The van der Waals surface area contributed by atoms with Gasteiger partial charge in [0.05, 0.1) is 42.4 Å². The van der Waals surface area contributed by atoms with Crippen LogP contribution in [-0.2, 0) is 25.7 Å². The van der Waals surface area contributed by atoms with Crippen molar-refractivity contribution in [2.24, 2.45) is 5.92 Å². The molecular formula is C24H26N6O7S. The van der Waals surface area contributed by atoms with Crippen LogP contribution in [-0.4, -0.2) is 75.2 Å². The fourth-order valence-corrected chi connectivity index (χ4v) is 5.82. The number of non-ortho nitro benzene ring substituents is 1. The van der Waals surface area contributed by atoms with Gasteiger partial charge in [0.25, 0.3) is 5.69 Å². The van der Waals surface area contributed by atoms with Crippen molar-refractivity contribution >= 4 is 41.0 Å². The number of carbonyl (C=O) groups is 2. The van der Waals surface area contributed by atoms with Gasteiger partial charge in [0.1, 0.15) is 23.1 Å². The van der Waals surface area contributed by atoms with Gasteiger partial charge in [0.15, 0.2) is 5.82 Å². The number of amides is 1. The minimum absolute atomic E-state index is 0.0755. The number of β-lactam (4-membered cyclic amide) rings is 1. The Morgan fingerprint density at radius 3 is 2.71 bits per heavy atom. The summed E-state index contributed by atoms with van der Waals surface area (Å²) < 4.78 is 10.9. The van der Waals surface area contributed by atoms with Gasteiger partial charge in [-0.2, -0.15) is 0 Å². The Labute approximate surface area is 221 Å². The molecule has 200 valence electrons. The molecule has 1 aromatic carbocycles. The number of nitro benzene ring substituents is 1.